The average molecular weight is 318 g/mol. The summed E-state index contributed by atoms with van der Waals surface area (Å²) in [6.07, 6.45) is 0. The van der Waals surface area contributed by atoms with E-state index in [4.69, 9.17) is 5.11 Å². The number of nitrogens with zero attached hydrogens (tertiary/aromatic N) is 1. The van der Waals surface area contributed by atoms with E-state index >= 15 is 0 Å². The topological polar surface area (TPSA) is 50.2 Å². The number of thiophene rings is 1. The molecule has 0 radical (unpaired) electrons. The van der Waals surface area contributed by atoms with Crippen LogP contribution in [0.3, 0.4) is 0 Å². The predicted octanol–water partition coefficient (Wildman–Crippen LogP) is 3.82. The summed E-state index contributed by atoms with van der Waals surface area (Å²) >= 11 is 6.37. The first-order valence-electron chi connectivity index (χ1n) is 4.52. The molecule has 0 amide bonds. The predicted molar refractivity (Wildman–Crippen MR) is 69.2 cm³/mol. The van der Waals surface area contributed by atoms with Crippen molar-refractivity contribution in [1.82, 2.24) is 4.98 Å². The summed E-state index contributed by atoms with van der Waals surface area (Å²) in [4.78, 5) is 16.2. The van der Waals surface area contributed by atoms with E-state index in [1.54, 1.807) is 18.3 Å². The molecule has 2 rings (SSSR count). The smallest absolute Gasteiger partial charge is 0.313 e. The lowest BCUT2D eigenvalue weighted by atomic mass is 10.2. The molecule has 1 N–H and O–H groups in total. The summed E-state index contributed by atoms with van der Waals surface area (Å²) in [6.45, 7) is 1.65. The quantitative estimate of drug-likeness (QED) is 0.936. The van der Waals surface area contributed by atoms with Crippen LogP contribution in [0.15, 0.2) is 21.3 Å². The van der Waals surface area contributed by atoms with Gasteiger partial charge in [0.05, 0.1) is 14.4 Å². The Morgan fingerprint density at radius 3 is 2.88 bits per heavy atom. The van der Waals surface area contributed by atoms with Gasteiger partial charge in [-0.3, -0.25) is 4.79 Å². The van der Waals surface area contributed by atoms with Gasteiger partial charge in [0.25, 0.3) is 0 Å². The molecule has 0 aliphatic rings. The van der Waals surface area contributed by atoms with Crippen molar-refractivity contribution in [3.8, 4) is 10.6 Å². The normalized spacial score (nSPS) is 12.6. The van der Waals surface area contributed by atoms with Crippen molar-refractivity contribution < 1.29 is 9.90 Å². The Kier molecular flexibility index (Phi) is 3.41. The zero-order valence-corrected chi connectivity index (χ0v) is 11.5. The van der Waals surface area contributed by atoms with Crippen LogP contribution >= 0.6 is 38.6 Å². The van der Waals surface area contributed by atoms with Crippen molar-refractivity contribution in [3.63, 3.8) is 0 Å². The first kappa shape index (κ1) is 11.8. The first-order chi connectivity index (χ1) is 7.58. The molecule has 16 heavy (non-hydrogen) atoms. The molecule has 84 valence electrons. The van der Waals surface area contributed by atoms with E-state index in [9.17, 15) is 4.79 Å². The van der Waals surface area contributed by atoms with Gasteiger partial charge in [-0.15, -0.1) is 22.7 Å². The van der Waals surface area contributed by atoms with E-state index in [0.29, 0.717) is 5.01 Å². The summed E-state index contributed by atoms with van der Waals surface area (Å²) < 4.78 is 1.04. The van der Waals surface area contributed by atoms with Gasteiger partial charge in [0.1, 0.15) is 10.9 Å². The van der Waals surface area contributed by atoms with Crippen molar-refractivity contribution in [1.29, 1.82) is 0 Å². The zero-order chi connectivity index (χ0) is 11.7. The molecule has 0 aromatic carbocycles. The Hall–Kier alpha value is -0.720. The second kappa shape index (κ2) is 4.65. The molecule has 1 atom stereocenters. The van der Waals surface area contributed by atoms with Gasteiger partial charge in [-0.2, -0.15) is 0 Å². The molecule has 0 aliphatic carbocycles. The van der Waals surface area contributed by atoms with Crippen LogP contribution in [0.4, 0.5) is 0 Å². The van der Waals surface area contributed by atoms with Gasteiger partial charge < -0.3 is 5.11 Å². The summed E-state index contributed by atoms with van der Waals surface area (Å²) in [5.74, 6) is -1.38. The maximum absolute atomic E-state index is 10.8. The summed E-state index contributed by atoms with van der Waals surface area (Å²) in [6, 6.07) is 3.93. The van der Waals surface area contributed by atoms with Crippen LogP contribution in [-0.4, -0.2) is 16.1 Å². The standard InChI is InChI=1S/C10H8BrNO2S2/c1-5(10(13)14)9-12-6(4-15-9)7-2-3-8(11)16-7/h2-5H,1H3,(H,13,14). The second-order valence-electron chi connectivity index (χ2n) is 3.23. The lowest BCUT2D eigenvalue weighted by Crippen LogP contribution is -2.06. The maximum Gasteiger partial charge on any atom is 0.313 e. The van der Waals surface area contributed by atoms with Gasteiger partial charge >= 0.3 is 5.97 Å². The SMILES string of the molecule is CC(C(=O)O)c1nc(-c2ccc(Br)s2)cs1. The minimum Gasteiger partial charge on any atom is -0.481 e. The molecule has 1 unspecified atom stereocenters. The molecular weight excluding hydrogens is 310 g/mol. The number of carboxylic acids is 1. The van der Waals surface area contributed by atoms with Crippen LogP contribution in [0.1, 0.15) is 17.8 Å². The number of carboxylic acid groups (broad SMARTS) is 1. The molecule has 6 heteroatoms. The average Bonchev–Trinajstić information content (AvgIpc) is 2.84. The van der Waals surface area contributed by atoms with Crippen molar-refractivity contribution >= 4 is 44.6 Å². The molecular formula is C10H8BrNO2S2. The number of hydrogen-bond donors (Lipinski definition) is 1. The maximum atomic E-state index is 10.8. The van der Waals surface area contributed by atoms with Gasteiger partial charge in [-0.25, -0.2) is 4.98 Å². The Balaban J connectivity index is 2.29. The van der Waals surface area contributed by atoms with Crippen molar-refractivity contribution in [2.45, 2.75) is 12.8 Å². The van der Waals surface area contributed by atoms with Gasteiger partial charge in [0.15, 0.2) is 0 Å². The third kappa shape index (κ3) is 2.34. The highest BCUT2D eigenvalue weighted by Gasteiger charge is 2.18. The van der Waals surface area contributed by atoms with E-state index in [0.717, 1.165) is 14.4 Å². The summed E-state index contributed by atoms with van der Waals surface area (Å²) in [5, 5.41) is 11.4. The van der Waals surface area contributed by atoms with E-state index < -0.39 is 11.9 Å². The molecule has 0 saturated carbocycles. The number of carbonyl (C=O) groups is 1. The highest BCUT2D eigenvalue weighted by Crippen LogP contribution is 2.33. The third-order valence-electron chi connectivity index (χ3n) is 2.09. The lowest BCUT2D eigenvalue weighted by molar-refractivity contribution is -0.138. The van der Waals surface area contributed by atoms with Crippen molar-refractivity contribution in [2.75, 3.05) is 0 Å². The van der Waals surface area contributed by atoms with Crippen LogP contribution in [0.5, 0.6) is 0 Å². The number of rotatable bonds is 3. The molecule has 0 saturated heterocycles. The number of aliphatic carboxylic acids is 1. The van der Waals surface area contributed by atoms with Crippen LogP contribution in [0.2, 0.25) is 0 Å². The van der Waals surface area contributed by atoms with E-state index in [1.807, 2.05) is 17.5 Å². The Morgan fingerprint density at radius 1 is 1.56 bits per heavy atom. The summed E-state index contributed by atoms with van der Waals surface area (Å²) in [7, 11) is 0. The number of hydrogen-bond acceptors (Lipinski definition) is 4. The molecule has 0 bridgehead atoms. The molecule has 2 aromatic rings. The van der Waals surface area contributed by atoms with Crippen molar-refractivity contribution in [2.24, 2.45) is 0 Å². The molecule has 2 aromatic heterocycles. The molecule has 2 heterocycles. The number of aromatic nitrogens is 1. The molecule has 3 nitrogen and oxygen atoms in total. The van der Waals surface area contributed by atoms with Gasteiger partial charge in [-0.1, -0.05) is 0 Å². The lowest BCUT2D eigenvalue weighted by Gasteiger charge is -1.99. The fraction of sp³-hybridized carbons (Fsp3) is 0.200. The Labute approximate surface area is 109 Å². The largest absolute Gasteiger partial charge is 0.481 e. The van der Waals surface area contributed by atoms with Crippen LogP contribution in [-0.2, 0) is 4.79 Å². The van der Waals surface area contributed by atoms with E-state index in [1.165, 1.54) is 11.3 Å². The van der Waals surface area contributed by atoms with Crippen LogP contribution in [0.25, 0.3) is 10.6 Å². The van der Waals surface area contributed by atoms with Crippen LogP contribution in [0, 0.1) is 0 Å². The van der Waals surface area contributed by atoms with Crippen LogP contribution < -0.4 is 0 Å². The van der Waals surface area contributed by atoms with Gasteiger partial charge in [0, 0.05) is 5.38 Å². The zero-order valence-electron chi connectivity index (χ0n) is 8.31. The minimum absolute atomic E-state index is 0.540. The monoisotopic (exact) mass is 317 g/mol. The Bertz CT molecular complexity index is 520. The molecule has 0 spiro atoms. The molecule has 0 aliphatic heterocycles. The van der Waals surface area contributed by atoms with E-state index in [-0.39, 0.29) is 0 Å². The fourth-order valence-corrected chi connectivity index (χ4v) is 3.45. The van der Waals surface area contributed by atoms with Gasteiger partial charge in [0.2, 0.25) is 0 Å². The first-order valence-corrected chi connectivity index (χ1v) is 7.01. The minimum atomic E-state index is -0.840. The highest BCUT2D eigenvalue weighted by molar-refractivity contribution is 9.11. The Morgan fingerprint density at radius 2 is 2.31 bits per heavy atom. The fourth-order valence-electron chi connectivity index (χ4n) is 1.16. The summed E-state index contributed by atoms with van der Waals surface area (Å²) in [5.41, 5.74) is 0.851. The van der Waals surface area contributed by atoms with E-state index in [2.05, 4.69) is 20.9 Å². The molecule has 0 fully saturated rings. The number of thiazole rings is 1. The number of halogens is 1. The third-order valence-corrected chi connectivity index (χ3v) is 4.76. The highest BCUT2D eigenvalue weighted by atomic mass is 79.9. The van der Waals surface area contributed by atoms with Gasteiger partial charge in [-0.05, 0) is 35.0 Å². The van der Waals surface area contributed by atoms with Crippen molar-refractivity contribution in [3.05, 3.63) is 26.3 Å². The second-order valence-corrected chi connectivity index (χ2v) is 6.59.